The number of aromatic nitrogens is 3. The topological polar surface area (TPSA) is 102 Å². The Morgan fingerprint density at radius 2 is 2.06 bits per heavy atom. The number of rotatable bonds is 1. The van der Waals surface area contributed by atoms with Gasteiger partial charge in [0, 0.05) is 23.9 Å². The maximum absolute atomic E-state index is 11.5. The van der Waals surface area contributed by atoms with Crippen molar-refractivity contribution in [2.45, 2.75) is 4.90 Å². The Balaban J connectivity index is 2.99. The fraction of sp³-hybridized carbons (Fsp3) is 0.125. The molecule has 0 fully saturated rings. The second-order valence-electron chi connectivity index (χ2n) is 3.30. The molecule has 2 rings (SSSR count). The highest BCUT2D eigenvalue weighted by molar-refractivity contribution is 8.13. The predicted octanol–water partition coefficient (Wildman–Crippen LogP) is -0.451. The van der Waals surface area contributed by atoms with Gasteiger partial charge in [-0.1, -0.05) is 0 Å². The molecule has 0 atom stereocenters. The van der Waals surface area contributed by atoms with E-state index in [1.54, 1.807) is 0 Å². The van der Waals surface area contributed by atoms with Crippen molar-refractivity contribution in [1.82, 2.24) is 14.5 Å². The number of nitrogens with one attached hydrogen (secondary N) is 1. The van der Waals surface area contributed by atoms with Gasteiger partial charge < -0.3 is 0 Å². The highest BCUT2D eigenvalue weighted by atomic mass is 35.7. The zero-order valence-electron chi connectivity index (χ0n) is 8.47. The lowest BCUT2D eigenvalue weighted by Crippen LogP contribution is -2.29. The highest BCUT2D eigenvalue weighted by Gasteiger charge is 2.14. The molecule has 0 aromatic carbocycles. The van der Waals surface area contributed by atoms with Gasteiger partial charge in [0.15, 0.2) is 0 Å². The Labute approximate surface area is 99.1 Å². The normalized spacial score (nSPS) is 11.9. The minimum atomic E-state index is -3.96. The van der Waals surface area contributed by atoms with Gasteiger partial charge in [-0.05, 0) is 6.07 Å². The molecule has 0 unspecified atom stereocenters. The molecule has 90 valence electrons. The van der Waals surface area contributed by atoms with Crippen LogP contribution >= 0.6 is 10.7 Å². The van der Waals surface area contributed by atoms with Gasteiger partial charge in [-0.25, -0.2) is 18.2 Å². The van der Waals surface area contributed by atoms with Crippen molar-refractivity contribution in [3.05, 3.63) is 33.1 Å². The Hall–Kier alpha value is -1.67. The largest absolute Gasteiger partial charge is 0.329 e. The van der Waals surface area contributed by atoms with Crippen molar-refractivity contribution in [3.63, 3.8) is 0 Å². The van der Waals surface area contributed by atoms with Crippen molar-refractivity contribution in [2.24, 2.45) is 7.05 Å². The molecule has 0 spiro atoms. The molecule has 9 heteroatoms. The van der Waals surface area contributed by atoms with E-state index in [4.69, 9.17) is 10.7 Å². The minimum absolute atomic E-state index is 0.0196. The van der Waals surface area contributed by atoms with E-state index in [0.29, 0.717) is 0 Å². The first-order valence-corrected chi connectivity index (χ1v) is 6.65. The van der Waals surface area contributed by atoms with Crippen molar-refractivity contribution in [2.75, 3.05) is 0 Å². The quantitative estimate of drug-likeness (QED) is 0.710. The maximum atomic E-state index is 11.5. The number of H-pyrrole nitrogens is 1. The molecule has 2 aromatic rings. The minimum Gasteiger partial charge on any atom is -0.281 e. The number of fused-ring (bicyclic) bond motifs is 1. The zero-order chi connectivity index (χ0) is 12.8. The predicted molar refractivity (Wildman–Crippen MR) is 60.6 cm³/mol. The summed E-state index contributed by atoms with van der Waals surface area (Å²) in [4.78, 5) is 28.2. The number of hydrogen-bond donors (Lipinski definition) is 1. The molecule has 2 heterocycles. The zero-order valence-corrected chi connectivity index (χ0v) is 10.0. The van der Waals surface area contributed by atoms with E-state index >= 15 is 0 Å². The molecule has 1 N–H and O–H groups in total. The summed E-state index contributed by atoms with van der Waals surface area (Å²) in [6.45, 7) is 0. The van der Waals surface area contributed by atoms with Crippen LogP contribution in [0.2, 0.25) is 0 Å². The molecule has 0 bridgehead atoms. The second kappa shape index (κ2) is 3.67. The third-order valence-corrected chi connectivity index (χ3v) is 3.53. The summed E-state index contributed by atoms with van der Waals surface area (Å²) in [5, 5.41) is -0.0196. The number of halogens is 1. The van der Waals surface area contributed by atoms with Crippen LogP contribution in [0.3, 0.4) is 0 Å². The SMILES string of the molecule is Cn1c(=O)[nH]c(=O)c2cc(S(=O)(=O)Cl)cnc21. The molecular weight excluding hydrogens is 270 g/mol. The summed E-state index contributed by atoms with van der Waals surface area (Å²) >= 11 is 0. The van der Waals surface area contributed by atoms with Gasteiger partial charge in [-0.15, -0.1) is 0 Å². The van der Waals surface area contributed by atoms with Gasteiger partial charge in [-0.2, -0.15) is 0 Å². The number of nitrogens with zero attached hydrogens (tertiary/aromatic N) is 2. The van der Waals surface area contributed by atoms with Crippen LogP contribution in [0.15, 0.2) is 26.7 Å². The van der Waals surface area contributed by atoms with Gasteiger partial charge in [-0.3, -0.25) is 14.3 Å². The molecular formula is C8H6ClN3O4S. The van der Waals surface area contributed by atoms with Crippen LogP contribution in [-0.2, 0) is 16.1 Å². The number of pyridine rings is 1. The van der Waals surface area contributed by atoms with Crippen molar-refractivity contribution < 1.29 is 8.42 Å². The summed E-state index contributed by atoms with van der Waals surface area (Å²) in [6.07, 6.45) is 0.990. The van der Waals surface area contributed by atoms with Crippen molar-refractivity contribution in [1.29, 1.82) is 0 Å². The summed E-state index contributed by atoms with van der Waals surface area (Å²) in [6, 6.07) is 1.07. The molecule has 0 amide bonds. The van der Waals surface area contributed by atoms with Crippen molar-refractivity contribution in [3.8, 4) is 0 Å². The number of aromatic amines is 1. The average molecular weight is 276 g/mol. The maximum Gasteiger partial charge on any atom is 0.329 e. The van der Waals surface area contributed by atoms with Crippen LogP contribution in [0.4, 0.5) is 0 Å². The van der Waals surface area contributed by atoms with Gasteiger partial charge in [0.2, 0.25) is 0 Å². The van der Waals surface area contributed by atoms with E-state index in [-0.39, 0.29) is 15.9 Å². The standard InChI is InChI=1S/C8H6ClN3O4S/c1-12-6-5(7(13)11-8(12)14)2-4(3-10-6)17(9,15)16/h2-3H,1H3,(H,11,13,14). The van der Waals surface area contributed by atoms with Crippen LogP contribution < -0.4 is 11.2 Å². The Kier molecular flexibility index (Phi) is 2.55. The van der Waals surface area contributed by atoms with E-state index < -0.39 is 20.3 Å². The van der Waals surface area contributed by atoms with E-state index in [1.165, 1.54) is 7.05 Å². The molecule has 0 aliphatic carbocycles. The Bertz CT molecular complexity index is 821. The summed E-state index contributed by atoms with van der Waals surface area (Å²) < 4.78 is 23.3. The Morgan fingerprint density at radius 3 is 2.65 bits per heavy atom. The average Bonchev–Trinajstić information content (AvgIpc) is 2.24. The molecule has 0 saturated carbocycles. The fourth-order valence-electron chi connectivity index (χ4n) is 1.35. The highest BCUT2D eigenvalue weighted by Crippen LogP contribution is 2.16. The molecule has 0 radical (unpaired) electrons. The van der Waals surface area contributed by atoms with Gasteiger partial charge >= 0.3 is 5.69 Å². The molecule has 0 saturated heterocycles. The van der Waals surface area contributed by atoms with E-state index in [9.17, 15) is 18.0 Å². The first-order chi connectivity index (χ1) is 7.80. The van der Waals surface area contributed by atoms with Crippen LogP contribution in [0.5, 0.6) is 0 Å². The van der Waals surface area contributed by atoms with Gasteiger partial charge in [0.25, 0.3) is 14.6 Å². The van der Waals surface area contributed by atoms with Crippen LogP contribution in [0, 0.1) is 0 Å². The monoisotopic (exact) mass is 275 g/mol. The molecule has 2 aromatic heterocycles. The Morgan fingerprint density at radius 1 is 1.41 bits per heavy atom. The third kappa shape index (κ3) is 1.96. The second-order valence-corrected chi connectivity index (χ2v) is 5.86. The van der Waals surface area contributed by atoms with E-state index in [0.717, 1.165) is 16.8 Å². The lowest BCUT2D eigenvalue weighted by Gasteiger charge is -2.03. The molecule has 7 nitrogen and oxygen atoms in total. The van der Waals surface area contributed by atoms with Crippen molar-refractivity contribution >= 4 is 30.8 Å². The lowest BCUT2D eigenvalue weighted by molar-refractivity contribution is 0.609. The first-order valence-electron chi connectivity index (χ1n) is 4.34. The lowest BCUT2D eigenvalue weighted by atomic mass is 10.3. The van der Waals surface area contributed by atoms with Gasteiger partial charge in [0.05, 0.1) is 5.39 Å². The molecule has 0 aliphatic rings. The van der Waals surface area contributed by atoms with Crippen LogP contribution in [0.1, 0.15) is 0 Å². The molecule has 17 heavy (non-hydrogen) atoms. The van der Waals surface area contributed by atoms with Crippen LogP contribution in [0.25, 0.3) is 11.0 Å². The van der Waals surface area contributed by atoms with E-state index in [1.807, 2.05) is 4.98 Å². The third-order valence-electron chi connectivity index (χ3n) is 2.21. The van der Waals surface area contributed by atoms with E-state index in [2.05, 4.69) is 4.98 Å². The molecule has 0 aliphatic heterocycles. The fourth-order valence-corrected chi connectivity index (χ4v) is 2.04. The first kappa shape index (κ1) is 11.8. The smallest absolute Gasteiger partial charge is 0.281 e. The van der Waals surface area contributed by atoms with Gasteiger partial charge in [0.1, 0.15) is 10.5 Å². The summed E-state index contributed by atoms with van der Waals surface area (Å²) in [5.74, 6) is 0. The summed E-state index contributed by atoms with van der Waals surface area (Å²) in [7, 11) is 2.57. The van der Waals surface area contributed by atoms with Crippen LogP contribution in [-0.4, -0.2) is 23.0 Å². The number of hydrogen-bond acceptors (Lipinski definition) is 5. The summed E-state index contributed by atoms with van der Waals surface area (Å²) in [5.41, 5.74) is -1.25. The number of aryl methyl sites for hydroxylation is 1.